The van der Waals surface area contributed by atoms with Gasteiger partial charge in [-0.05, 0) is 53.3 Å². The molecule has 2 heterocycles. The summed E-state index contributed by atoms with van der Waals surface area (Å²) in [5.74, 6) is -3.69. The van der Waals surface area contributed by atoms with Crippen LogP contribution in [0.1, 0.15) is 42.0 Å². The van der Waals surface area contributed by atoms with Crippen molar-refractivity contribution in [1.29, 1.82) is 0 Å². The fourth-order valence-electron chi connectivity index (χ4n) is 6.48. The number of hydrogen-bond donors (Lipinski definition) is 7. The van der Waals surface area contributed by atoms with Gasteiger partial charge < -0.3 is 43.0 Å². The summed E-state index contributed by atoms with van der Waals surface area (Å²) >= 11 is 0. The molecule has 0 unspecified atom stereocenters. The average molecular weight is 726 g/mol. The molecule has 0 fully saturated rings. The first-order valence-electron chi connectivity index (χ1n) is 17.3. The molecule has 0 saturated heterocycles. The van der Waals surface area contributed by atoms with E-state index in [0.29, 0.717) is 5.56 Å². The molecule has 4 aromatic rings. The first-order chi connectivity index (χ1) is 25.4. The van der Waals surface area contributed by atoms with Gasteiger partial charge in [-0.25, -0.2) is 4.39 Å². The van der Waals surface area contributed by atoms with Gasteiger partial charge in [0.1, 0.15) is 30.0 Å². The number of para-hydroxylation sites is 1. The Bertz CT molecular complexity index is 1990. The number of nitrogens with one attached hydrogen (secondary N) is 4. The number of rotatable bonds is 15. The van der Waals surface area contributed by atoms with Gasteiger partial charge in [-0.1, -0.05) is 54.6 Å². The second kappa shape index (κ2) is 17.3. The van der Waals surface area contributed by atoms with Gasteiger partial charge in [0, 0.05) is 56.4 Å². The summed E-state index contributed by atoms with van der Waals surface area (Å²) in [6.45, 7) is 1.74. The van der Waals surface area contributed by atoms with E-state index < -0.39 is 53.6 Å². The van der Waals surface area contributed by atoms with Crippen LogP contribution in [-0.4, -0.2) is 76.1 Å². The van der Waals surface area contributed by atoms with Crippen molar-refractivity contribution in [2.75, 3.05) is 6.54 Å². The number of nitrogens with two attached hydrogens (primary N) is 3. The number of aromatic nitrogens is 1. The first kappa shape index (κ1) is 38.0. The first-order valence-corrected chi connectivity index (χ1v) is 17.3. The Morgan fingerprint density at radius 1 is 0.849 bits per heavy atom. The molecule has 278 valence electrons. The third-order valence-corrected chi connectivity index (χ3v) is 9.28. The highest BCUT2D eigenvalue weighted by Gasteiger charge is 2.36. The Balaban J connectivity index is 1.38. The number of halogens is 1. The predicted octanol–water partition coefficient (Wildman–Crippen LogP) is 1.06. The summed E-state index contributed by atoms with van der Waals surface area (Å²) in [6, 6.07) is 15.9. The summed E-state index contributed by atoms with van der Waals surface area (Å²) < 4.78 is 13.8. The molecule has 10 N–H and O–H groups in total. The van der Waals surface area contributed by atoms with Crippen molar-refractivity contribution in [3.05, 3.63) is 107 Å². The number of aromatic amines is 1. The Morgan fingerprint density at radius 3 is 2.21 bits per heavy atom. The molecule has 14 nitrogen and oxygen atoms in total. The number of carbonyl (C=O) groups is 5. The minimum absolute atomic E-state index is 0.0572. The number of hydrogen-bond acceptors (Lipinski definition) is 6. The number of carbonyl (C=O) groups excluding carboxylic acids is 5. The summed E-state index contributed by atoms with van der Waals surface area (Å²) in [5, 5.41) is 9.08. The van der Waals surface area contributed by atoms with E-state index >= 15 is 0 Å². The molecule has 1 aliphatic rings. The topological polar surface area (TPSA) is 231 Å². The molecule has 4 atom stereocenters. The molecule has 5 rings (SSSR count). The van der Waals surface area contributed by atoms with E-state index in [0.717, 1.165) is 27.6 Å². The second-order valence-electron chi connectivity index (χ2n) is 13.1. The van der Waals surface area contributed by atoms with Crippen molar-refractivity contribution in [1.82, 2.24) is 25.8 Å². The van der Waals surface area contributed by atoms with Crippen molar-refractivity contribution in [3.63, 3.8) is 0 Å². The van der Waals surface area contributed by atoms with E-state index in [1.165, 1.54) is 36.1 Å². The number of guanidine groups is 1. The lowest BCUT2D eigenvalue weighted by Gasteiger charge is -2.36. The number of nitrogens with zero attached hydrogens (tertiary/aromatic N) is 2. The van der Waals surface area contributed by atoms with Crippen molar-refractivity contribution >= 4 is 46.4 Å². The third-order valence-electron chi connectivity index (χ3n) is 9.28. The molecular weight excluding hydrogens is 681 g/mol. The SMILES string of the molecule is CC(=O)N1Cc2ccccc2C[C@H]1C(=O)N[C@H](Cc1ccc(F)cc1)C(=O)N[C@@H](CCCN=C(N)N)C(=O)N[C@@H](Cc1c[nH]c2ccccc12)C(N)=O. The molecule has 0 bridgehead atoms. The number of fused-ring (bicyclic) bond motifs is 2. The molecule has 0 aliphatic carbocycles. The highest BCUT2D eigenvalue weighted by Crippen LogP contribution is 2.24. The second-order valence-corrected chi connectivity index (χ2v) is 13.1. The van der Waals surface area contributed by atoms with Gasteiger partial charge in [-0.2, -0.15) is 0 Å². The monoisotopic (exact) mass is 725 g/mol. The average Bonchev–Trinajstić information content (AvgIpc) is 3.54. The van der Waals surface area contributed by atoms with Gasteiger partial charge >= 0.3 is 0 Å². The number of H-pyrrole nitrogens is 1. The van der Waals surface area contributed by atoms with Crippen LogP contribution in [0, 0.1) is 5.82 Å². The quantitative estimate of drug-likeness (QED) is 0.0535. The van der Waals surface area contributed by atoms with Gasteiger partial charge in [0.05, 0.1) is 0 Å². The zero-order chi connectivity index (χ0) is 38.1. The van der Waals surface area contributed by atoms with Crippen molar-refractivity contribution in [2.45, 2.75) is 69.7 Å². The molecule has 15 heteroatoms. The van der Waals surface area contributed by atoms with Crippen LogP contribution in [0.25, 0.3) is 10.9 Å². The van der Waals surface area contributed by atoms with Gasteiger partial charge in [-0.15, -0.1) is 0 Å². The number of amides is 5. The van der Waals surface area contributed by atoms with Gasteiger partial charge in [-0.3, -0.25) is 29.0 Å². The highest BCUT2D eigenvalue weighted by molar-refractivity contribution is 5.96. The van der Waals surface area contributed by atoms with E-state index in [1.807, 2.05) is 48.5 Å². The summed E-state index contributed by atoms with van der Waals surface area (Å²) in [4.78, 5) is 75.7. The molecule has 1 aliphatic heterocycles. The Morgan fingerprint density at radius 2 is 1.51 bits per heavy atom. The predicted molar refractivity (Wildman–Crippen MR) is 197 cm³/mol. The maximum absolute atomic E-state index is 14.1. The van der Waals surface area contributed by atoms with Gasteiger partial charge in [0.25, 0.3) is 0 Å². The fraction of sp³-hybridized carbons (Fsp3) is 0.316. The van der Waals surface area contributed by atoms with Crippen molar-refractivity contribution in [3.8, 4) is 0 Å². The summed E-state index contributed by atoms with van der Waals surface area (Å²) in [5.41, 5.74) is 20.6. The molecule has 0 radical (unpaired) electrons. The zero-order valence-electron chi connectivity index (χ0n) is 29.3. The van der Waals surface area contributed by atoms with Crippen LogP contribution in [0.5, 0.6) is 0 Å². The highest BCUT2D eigenvalue weighted by atomic mass is 19.1. The molecule has 0 spiro atoms. The van der Waals surface area contributed by atoms with E-state index in [2.05, 4.69) is 25.9 Å². The molecule has 0 saturated carbocycles. The molecule has 3 aromatic carbocycles. The van der Waals surface area contributed by atoms with Crippen LogP contribution in [0.15, 0.2) is 84.0 Å². The normalized spacial score (nSPS) is 15.4. The lowest BCUT2D eigenvalue weighted by Crippen LogP contribution is -2.59. The number of primary amides is 1. The van der Waals surface area contributed by atoms with E-state index in [9.17, 15) is 28.4 Å². The third kappa shape index (κ3) is 9.96. The smallest absolute Gasteiger partial charge is 0.243 e. The van der Waals surface area contributed by atoms with Crippen molar-refractivity contribution in [2.24, 2.45) is 22.2 Å². The molecular formula is C38H44FN9O5. The molecule has 53 heavy (non-hydrogen) atoms. The molecule has 1 aromatic heterocycles. The lowest BCUT2D eigenvalue weighted by atomic mass is 9.93. The van der Waals surface area contributed by atoms with E-state index in [4.69, 9.17) is 17.2 Å². The van der Waals surface area contributed by atoms with Crippen LogP contribution < -0.4 is 33.2 Å². The maximum atomic E-state index is 14.1. The summed E-state index contributed by atoms with van der Waals surface area (Å²) in [7, 11) is 0. The van der Waals surface area contributed by atoms with Gasteiger partial charge in [0.15, 0.2) is 5.96 Å². The lowest BCUT2D eigenvalue weighted by molar-refractivity contribution is -0.141. The number of aliphatic imine (C=N–C) groups is 1. The number of benzene rings is 3. The van der Waals surface area contributed by atoms with Crippen LogP contribution in [-0.2, 0) is 49.8 Å². The standard InChI is InChI=1S/C38H44FN9O5/c1-22(49)48-21-25-8-3-2-7-24(25)19-33(48)37(53)47-32(17-23-12-14-27(39)15-13-23)36(52)45-30(11-6-16-43-38(41)42)35(51)46-31(34(40)50)18-26-20-44-29-10-5-4-9-28(26)29/h2-5,7-10,12-15,20,30-33,44H,6,11,16-19,21H2,1H3,(H2,40,50)(H,45,52)(H,46,51)(H,47,53)(H4,41,42,43)/t30-,31-,32+,33-/m0/s1. The molecule has 5 amide bonds. The maximum Gasteiger partial charge on any atom is 0.243 e. The minimum Gasteiger partial charge on any atom is -0.370 e. The van der Waals surface area contributed by atoms with E-state index in [1.54, 1.807) is 6.20 Å². The zero-order valence-corrected chi connectivity index (χ0v) is 29.3. The summed E-state index contributed by atoms with van der Waals surface area (Å²) in [6.07, 6.45) is 2.31. The van der Waals surface area contributed by atoms with Crippen LogP contribution in [0.4, 0.5) is 4.39 Å². The van der Waals surface area contributed by atoms with Crippen LogP contribution in [0.3, 0.4) is 0 Å². The van der Waals surface area contributed by atoms with Gasteiger partial charge in [0.2, 0.25) is 29.5 Å². The Hall–Kier alpha value is -6.25. The largest absolute Gasteiger partial charge is 0.370 e. The fourth-order valence-corrected chi connectivity index (χ4v) is 6.48. The minimum atomic E-state index is -1.25. The van der Waals surface area contributed by atoms with E-state index in [-0.39, 0.29) is 57.1 Å². The van der Waals surface area contributed by atoms with Crippen LogP contribution in [0.2, 0.25) is 0 Å². The van der Waals surface area contributed by atoms with Crippen LogP contribution >= 0.6 is 0 Å². The van der Waals surface area contributed by atoms with Crippen molar-refractivity contribution < 1.29 is 28.4 Å². The Kier molecular flexibility index (Phi) is 12.4. The Labute approximate surface area is 305 Å².